The molecule has 0 aromatic heterocycles. The number of hydrogen-bond donors (Lipinski definition) is 1. The SMILES string of the molecule is CCOC(=O)[C@@H]1CCCN(c2cc(C#N)cc(OC(C)(C)C(=O)N3CCN(C(=O)O)CC3)c2)C1. The molecule has 2 fully saturated rings. The number of carboxylic acid groups (broad SMARTS) is 1. The van der Waals surface area contributed by atoms with E-state index in [9.17, 15) is 19.6 Å². The van der Waals surface area contributed by atoms with Crippen LogP contribution < -0.4 is 9.64 Å². The van der Waals surface area contributed by atoms with Gasteiger partial charge in [0.05, 0.1) is 24.2 Å². The van der Waals surface area contributed by atoms with Crippen LogP contribution in [0.15, 0.2) is 18.2 Å². The summed E-state index contributed by atoms with van der Waals surface area (Å²) in [5.74, 6) is -0.308. The fraction of sp³-hybridized carbons (Fsp3) is 0.583. The van der Waals surface area contributed by atoms with Crippen LogP contribution >= 0.6 is 0 Å². The lowest BCUT2D eigenvalue weighted by Gasteiger charge is -2.38. The van der Waals surface area contributed by atoms with E-state index in [-0.39, 0.29) is 30.9 Å². The van der Waals surface area contributed by atoms with Crippen molar-refractivity contribution >= 4 is 23.7 Å². The second-order valence-corrected chi connectivity index (χ2v) is 9.04. The van der Waals surface area contributed by atoms with Gasteiger partial charge in [0.1, 0.15) is 5.75 Å². The quantitative estimate of drug-likeness (QED) is 0.626. The zero-order valence-electron chi connectivity index (χ0n) is 20.0. The summed E-state index contributed by atoms with van der Waals surface area (Å²) in [6.45, 7) is 7.77. The lowest BCUT2D eigenvalue weighted by molar-refractivity contribution is -0.148. The Morgan fingerprint density at radius 3 is 2.41 bits per heavy atom. The van der Waals surface area contributed by atoms with Crippen molar-refractivity contribution < 1.29 is 29.0 Å². The van der Waals surface area contributed by atoms with E-state index in [2.05, 4.69) is 6.07 Å². The Balaban J connectivity index is 1.74. The highest BCUT2D eigenvalue weighted by Gasteiger charge is 2.36. The van der Waals surface area contributed by atoms with Gasteiger partial charge in [0.25, 0.3) is 5.91 Å². The average molecular weight is 473 g/mol. The van der Waals surface area contributed by atoms with E-state index in [1.165, 1.54) is 4.90 Å². The predicted octanol–water partition coefficient (Wildman–Crippen LogP) is 2.32. The number of anilines is 1. The smallest absolute Gasteiger partial charge is 0.407 e. The Morgan fingerprint density at radius 2 is 1.79 bits per heavy atom. The highest BCUT2D eigenvalue weighted by Crippen LogP contribution is 2.31. The molecule has 1 atom stereocenters. The maximum atomic E-state index is 13.1. The summed E-state index contributed by atoms with van der Waals surface area (Å²) in [4.78, 5) is 41.4. The van der Waals surface area contributed by atoms with Gasteiger partial charge in [-0.2, -0.15) is 5.26 Å². The molecule has 10 nitrogen and oxygen atoms in total. The van der Waals surface area contributed by atoms with E-state index in [1.807, 2.05) is 4.90 Å². The van der Waals surface area contributed by atoms with Gasteiger partial charge in [-0.3, -0.25) is 9.59 Å². The predicted molar refractivity (Wildman–Crippen MR) is 124 cm³/mol. The van der Waals surface area contributed by atoms with Crippen molar-refractivity contribution in [3.63, 3.8) is 0 Å². The first kappa shape index (κ1) is 25.1. The number of benzene rings is 1. The monoisotopic (exact) mass is 472 g/mol. The molecule has 0 radical (unpaired) electrons. The van der Waals surface area contributed by atoms with E-state index in [1.54, 1.807) is 43.9 Å². The number of rotatable bonds is 6. The van der Waals surface area contributed by atoms with Gasteiger partial charge >= 0.3 is 12.1 Å². The lowest BCUT2D eigenvalue weighted by Crippen LogP contribution is -2.56. The van der Waals surface area contributed by atoms with Crippen LogP contribution in [0.5, 0.6) is 5.75 Å². The molecule has 0 bridgehead atoms. The Morgan fingerprint density at radius 1 is 1.12 bits per heavy atom. The van der Waals surface area contributed by atoms with Crippen LogP contribution in [0.3, 0.4) is 0 Å². The molecule has 34 heavy (non-hydrogen) atoms. The Hall–Kier alpha value is -3.48. The van der Waals surface area contributed by atoms with E-state index < -0.39 is 11.7 Å². The summed E-state index contributed by atoms with van der Waals surface area (Å²) in [7, 11) is 0. The van der Waals surface area contributed by atoms with Crippen LogP contribution in [0.2, 0.25) is 0 Å². The number of piperazine rings is 1. The molecule has 1 N–H and O–H groups in total. The lowest BCUT2D eigenvalue weighted by atomic mass is 9.97. The van der Waals surface area contributed by atoms with Crippen molar-refractivity contribution in [2.45, 2.75) is 39.2 Å². The molecular formula is C24H32N4O6. The Labute approximate surface area is 199 Å². The van der Waals surface area contributed by atoms with Crippen LogP contribution in [0.1, 0.15) is 39.2 Å². The first-order valence-corrected chi connectivity index (χ1v) is 11.6. The molecule has 3 rings (SSSR count). The minimum Gasteiger partial charge on any atom is -0.478 e. The van der Waals surface area contributed by atoms with Crippen LogP contribution in [-0.4, -0.2) is 84.4 Å². The number of nitriles is 1. The number of amides is 2. The van der Waals surface area contributed by atoms with E-state index in [4.69, 9.17) is 14.6 Å². The first-order valence-electron chi connectivity index (χ1n) is 11.6. The summed E-state index contributed by atoms with van der Waals surface area (Å²) >= 11 is 0. The summed E-state index contributed by atoms with van der Waals surface area (Å²) in [6, 6.07) is 7.26. The molecule has 0 unspecified atom stereocenters. The van der Waals surface area contributed by atoms with Gasteiger partial charge in [-0.25, -0.2) is 4.79 Å². The highest BCUT2D eigenvalue weighted by molar-refractivity contribution is 5.85. The fourth-order valence-electron chi connectivity index (χ4n) is 4.37. The van der Waals surface area contributed by atoms with E-state index in [0.717, 1.165) is 25.1 Å². The van der Waals surface area contributed by atoms with Crippen molar-refractivity contribution in [1.82, 2.24) is 9.80 Å². The second kappa shape index (κ2) is 10.6. The molecule has 2 amide bonds. The average Bonchev–Trinajstić information content (AvgIpc) is 2.83. The molecule has 184 valence electrons. The molecule has 0 spiro atoms. The summed E-state index contributed by atoms with van der Waals surface area (Å²) in [5.41, 5.74) is -0.0722. The Bertz CT molecular complexity index is 965. The van der Waals surface area contributed by atoms with Crippen molar-refractivity contribution in [1.29, 1.82) is 5.26 Å². The molecule has 2 aliphatic heterocycles. The molecule has 2 saturated heterocycles. The molecule has 2 aliphatic rings. The number of nitrogens with zero attached hydrogens (tertiary/aromatic N) is 4. The topological polar surface area (TPSA) is 123 Å². The van der Waals surface area contributed by atoms with Crippen molar-refractivity contribution in [3.8, 4) is 11.8 Å². The zero-order chi connectivity index (χ0) is 24.9. The van der Waals surface area contributed by atoms with Crippen LogP contribution in [0, 0.1) is 17.2 Å². The third-order valence-corrected chi connectivity index (χ3v) is 6.15. The second-order valence-electron chi connectivity index (χ2n) is 9.04. The zero-order valence-corrected chi connectivity index (χ0v) is 20.0. The summed E-state index contributed by atoms with van der Waals surface area (Å²) < 4.78 is 11.3. The number of carbonyl (C=O) groups is 3. The number of piperidine rings is 1. The molecule has 1 aromatic carbocycles. The van der Waals surface area contributed by atoms with Gasteiger partial charge in [-0.1, -0.05) is 0 Å². The summed E-state index contributed by atoms with van der Waals surface area (Å²) in [6.07, 6.45) is 0.585. The van der Waals surface area contributed by atoms with Crippen molar-refractivity contribution in [2.75, 3.05) is 50.8 Å². The van der Waals surface area contributed by atoms with Crippen LogP contribution in [0.4, 0.5) is 10.5 Å². The van der Waals surface area contributed by atoms with Gasteiger partial charge in [-0.15, -0.1) is 0 Å². The van der Waals surface area contributed by atoms with Gasteiger partial charge < -0.3 is 29.3 Å². The van der Waals surface area contributed by atoms with Crippen LogP contribution in [-0.2, 0) is 14.3 Å². The molecular weight excluding hydrogens is 440 g/mol. The highest BCUT2D eigenvalue weighted by atomic mass is 16.5. The normalized spacial score (nSPS) is 18.8. The van der Waals surface area contributed by atoms with E-state index in [0.29, 0.717) is 37.6 Å². The fourth-order valence-corrected chi connectivity index (χ4v) is 4.37. The standard InChI is InChI=1S/C24H32N4O6/c1-4-33-21(29)18-6-5-7-28(16-18)19-12-17(15-25)13-20(14-19)34-24(2,3)22(30)26-8-10-27(11-9-26)23(31)32/h12-14,18H,4-11,16H2,1-3H3,(H,31,32)/t18-/m1/s1. The van der Waals surface area contributed by atoms with E-state index >= 15 is 0 Å². The molecule has 1 aromatic rings. The molecule has 10 heteroatoms. The molecule has 0 saturated carbocycles. The number of esters is 1. The first-order chi connectivity index (χ1) is 16.1. The van der Waals surface area contributed by atoms with Crippen molar-refractivity contribution in [3.05, 3.63) is 23.8 Å². The minimum atomic E-state index is -1.22. The van der Waals surface area contributed by atoms with Crippen molar-refractivity contribution in [2.24, 2.45) is 5.92 Å². The van der Waals surface area contributed by atoms with Gasteiger partial charge in [-0.05, 0) is 45.7 Å². The third kappa shape index (κ3) is 5.90. The largest absolute Gasteiger partial charge is 0.478 e. The third-order valence-electron chi connectivity index (χ3n) is 6.15. The number of ether oxygens (including phenoxy) is 2. The number of carbonyl (C=O) groups excluding carboxylic acids is 2. The Kier molecular flexibility index (Phi) is 7.87. The van der Waals surface area contributed by atoms with Crippen LogP contribution in [0.25, 0.3) is 0 Å². The number of hydrogen-bond acceptors (Lipinski definition) is 7. The maximum Gasteiger partial charge on any atom is 0.407 e. The van der Waals surface area contributed by atoms with Gasteiger partial charge in [0, 0.05) is 51.0 Å². The van der Waals surface area contributed by atoms with Gasteiger partial charge in [0.15, 0.2) is 5.60 Å². The molecule has 2 heterocycles. The van der Waals surface area contributed by atoms with Gasteiger partial charge in [0.2, 0.25) is 0 Å². The molecule has 0 aliphatic carbocycles. The minimum absolute atomic E-state index is 0.213. The summed E-state index contributed by atoms with van der Waals surface area (Å²) in [5, 5.41) is 18.7. The maximum absolute atomic E-state index is 13.1.